The van der Waals surface area contributed by atoms with Crippen molar-refractivity contribution >= 4 is 17.6 Å². The Bertz CT molecular complexity index is 605. The summed E-state index contributed by atoms with van der Waals surface area (Å²) in [6, 6.07) is 16.4. The number of nitrogens with two attached hydrogens (primary N) is 1. The summed E-state index contributed by atoms with van der Waals surface area (Å²) >= 11 is 1.74. The highest BCUT2D eigenvalue weighted by atomic mass is 32.2. The predicted molar refractivity (Wildman–Crippen MR) is 87.6 cm³/mol. The van der Waals surface area contributed by atoms with Crippen LogP contribution in [0, 0.1) is 5.41 Å². The van der Waals surface area contributed by atoms with E-state index in [1.165, 1.54) is 11.1 Å². The SMILES string of the molecule is CC(C)c1ccccc1CSc1ccccc1C(=N)N. The van der Waals surface area contributed by atoms with Crippen molar-refractivity contribution in [3.8, 4) is 0 Å². The maximum absolute atomic E-state index is 7.63. The smallest absolute Gasteiger partial charge is 0.123 e. The second kappa shape index (κ2) is 6.62. The molecule has 0 heterocycles. The second-order valence-corrected chi connectivity index (χ2v) is 6.07. The minimum atomic E-state index is 0.130. The highest BCUT2D eigenvalue weighted by molar-refractivity contribution is 7.98. The Morgan fingerprint density at radius 3 is 2.45 bits per heavy atom. The summed E-state index contributed by atoms with van der Waals surface area (Å²) in [6.07, 6.45) is 0. The largest absolute Gasteiger partial charge is 0.384 e. The fourth-order valence-corrected chi connectivity index (χ4v) is 3.28. The number of hydrogen-bond donors (Lipinski definition) is 2. The Morgan fingerprint density at radius 1 is 1.10 bits per heavy atom. The van der Waals surface area contributed by atoms with Gasteiger partial charge in [0.1, 0.15) is 5.84 Å². The van der Waals surface area contributed by atoms with E-state index in [1.807, 2.05) is 24.3 Å². The van der Waals surface area contributed by atoms with Gasteiger partial charge in [-0.05, 0) is 23.1 Å². The molecule has 0 bridgehead atoms. The third kappa shape index (κ3) is 3.42. The summed E-state index contributed by atoms with van der Waals surface area (Å²) in [7, 11) is 0. The van der Waals surface area contributed by atoms with E-state index in [1.54, 1.807) is 11.8 Å². The first-order valence-electron chi connectivity index (χ1n) is 6.73. The summed E-state index contributed by atoms with van der Waals surface area (Å²) < 4.78 is 0. The molecule has 2 aromatic rings. The zero-order valence-electron chi connectivity index (χ0n) is 11.9. The molecular formula is C17H20N2S. The van der Waals surface area contributed by atoms with Crippen LogP contribution in [0.25, 0.3) is 0 Å². The fraction of sp³-hybridized carbons (Fsp3) is 0.235. The minimum absolute atomic E-state index is 0.130. The highest BCUT2D eigenvalue weighted by Gasteiger charge is 2.09. The number of hydrogen-bond acceptors (Lipinski definition) is 2. The van der Waals surface area contributed by atoms with Crippen molar-refractivity contribution in [2.24, 2.45) is 5.73 Å². The van der Waals surface area contributed by atoms with E-state index in [0.29, 0.717) is 5.92 Å². The number of benzene rings is 2. The van der Waals surface area contributed by atoms with Gasteiger partial charge in [-0.25, -0.2) is 0 Å². The van der Waals surface area contributed by atoms with Gasteiger partial charge in [-0.3, -0.25) is 5.41 Å². The summed E-state index contributed by atoms with van der Waals surface area (Å²) in [5, 5.41) is 7.63. The van der Waals surface area contributed by atoms with Crippen molar-refractivity contribution in [2.45, 2.75) is 30.4 Å². The maximum Gasteiger partial charge on any atom is 0.123 e. The lowest BCUT2D eigenvalue weighted by molar-refractivity contribution is 0.855. The van der Waals surface area contributed by atoms with Crippen LogP contribution in [-0.2, 0) is 5.75 Å². The van der Waals surface area contributed by atoms with Gasteiger partial charge in [0.2, 0.25) is 0 Å². The summed E-state index contributed by atoms with van der Waals surface area (Å²) in [6.45, 7) is 4.43. The van der Waals surface area contributed by atoms with Gasteiger partial charge < -0.3 is 5.73 Å². The van der Waals surface area contributed by atoms with E-state index in [-0.39, 0.29) is 5.84 Å². The lowest BCUT2D eigenvalue weighted by atomic mass is 9.98. The molecule has 0 unspecified atom stereocenters. The molecule has 0 saturated carbocycles. The number of rotatable bonds is 5. The van der Waals surface area contributed by atoms with Crippen LogP contribution in [0.15, 0.2) is 53.4 Å². The molecule has 0 aliphatic rings. The third-order valence-electron chi connectivity index (χ3n) is 3.24. The molecule has 0 aliphatic heterocycles. The van der Waals surface area contributed by atoms with Gasteiger partial charge in [-0.2, -0.15) is 0 Å². The molecule has 0 fully saturated rings. The Kier molecular flexibility index (Phi) is 4.85. The van der Waals surface area contributed by atoms with Gasteiger partial charge in [0.25, 0.3) is 0 Å². The Labute approximate surface area is 124 Å². The van der Waals surface area contributed by atoms with Crippen molar-refractivity contribution in [1.82, 2.24) is 0 Å². The molecule has 0 spiro atoms. The minimum Gasteiger partial charge on any atom is -0.384 e. The highest BCUT2D eigenvalue weighted by Crippen LogP contribution is 2.29. The van der Waals surface area contributed by atoms with Gasteiger partial charge in [0.05, 0.1) is 0 Å². The van der Waals surface area contributed by atoms with Gasteiger partial charge in [-0.15, -0.1) is 11.8 Å². The van der Waals surface area contributed by atoms with Crippen LogP contribution >= 0.6 is 11.8 Å². The third-order valence-corrected chi connectivity index (χ3v) is 4.36. The molecule has 20 heavy (non-hydrogen) atoms. The second-order valence-electron chi connectivity index (χ2n) is 5.05. The molecule has 0 saturated heterocycles. The van der Waals surface area contributed by atoms with Crippen LogP contribution < -0.4 is 5.73 Å². The molecule has 3 N–H and O–H groups in total. The van der Waals surface area contributed by atoms with Crippen molar-refractivity contribution < 1.29 is 0 Å². The lowest BCUT2D eigenvalue weighted by Gasteiger charge is -2.13. The van der Waals surface area contributed by atoms with Crippen LogP contribution in [0.3, 0.4) is 0 Å². The monoisotopic (exact) mass is 284 g/mol. The first kappa shape index (κ1) is 14.7. The van der Waals surface area contributed by atoms with E-state index in [0.717, 1.165) is 16.2 Å². The van der Waals surface area contributed by atoms with Gasteiger partial charge in [-0.1, -0.05) is 56.3 Å². The van der Waals surface area contributed by atoms with Crippen molar-refractivity contribution in [2.75, 3.05) is 0 Å². The molecule has 0 atom stereocenters. The number of nitrogens with one attached hydrogen (secondary N) is 1. The summed E-state index contributed by atoms with van der Waals surface area (Å²) in [5.41, 5.74) is 9.19. The predicted octanol–water partition coefficient (Wildman–Crippen LogP) is 4.39. The average molecular weight is 284 g/mol. The van der Waals surface area contributed by atoms with Crippen LogP contribution in [0.5, 0.6) is 0 Å². The maximum atomic E-state index is 7.63. The Balaban J connectivity index is 2.20. The first-order chi connectivity index (χ1) is 9.59. The molecule has 0 amide bonds. The fourth-order valence-electron chi connectivity index (χ4n) is 2.20. The number of nitrogen functional groups attached to an aromatic ring is 1. The zero-order valence-corrected chi connectivity index (χ0v) is 12.7. The number of thioether (sulfide) groups is 1. The molecule has 0 radical (unpaired) electrons. The van der Waals surface area contributed by atoms with Crippen molar-refractivity contribution in [1.29, 1.82) is 5.41 Å². The van der Waals surface area contributed by atoms with E-state index in [2.05, 4.69) is 38.1 Å². The van der Waals surface area contributed by atoms with E-state index >= 15 is 0 Å². The van der Waals surface area contributed by atoms with Crippen LogP contribution in [0.2, 0.25) is 0 Å². The molecule has 2 rings (SSSR count). The molecule has 0 aliphatic carbocycles. The van der Waals surface area contributed by atoms with Crippen molar-refractivity contribution in [3.63, 3.8) is 0 Å². The number of amidine groups is 1. The van der Waals surface area contributed by atoms with Crippen molar-refractivity contribution in [3.05, 3.63) is 65.2 Å². The normalized spacial score (nSPS) is 10.8. The standard InChI is InChI=1S/C17H20N2S/c1-12(2)14-8-4-3-7-13(14)11-20-16-10-6-5-9-15(16)17(18)19/h3-10,12H,11H2,1-2H3,(H3,18,19). The van der Waals surface area contributed by atoms with Crippen LogP contribution in [0.4, 0.5) is 0 Å². The molecule has 2 nitrogen and oxygen atoms in total. The lowest BCUT2D eigenvalue weighted by Crippen LogP contribution is -2.12. The molecular weight excluding hydrogens is 264 g/mol. The van der Waals surface area contributed by atoms with Crippen LogP contribution in [0.1, 0.15) is 36.5 Å². The molecule has 0 aromatic heterocycles. The molecule has 2 aromatic carbocycles. The zero-order chi connectivity index (χ0) is 14.5. The summed E-state index contributed by atoms with van der Waals surface area (Å²) in [5.74, 6) is 1.55. The van der Waals surface area contributed by atoms with Gasteiger partial charge in [0.15, 0.2) is 0 Å². The Morgan fingerprint density at radius 2 is 1.75 bits per heavy atom. The average Bonchev–Trinajstić information content (AvgIpc) is 2.45. The van der Waals surface area contributed by atoms with Crippen LogP contribution in [-0.4, -0.2) is 5.84 Å². The van der Waals surface area contributed by atoms with E-state index < -0.39 is 0 Å². The first-order valence-corrected chi connectivity index (χ1v) is 7.72. The van der Waals surface area contributed by atoms with Gasteiger partial charge in [0, 0.05) is 16.2 Å². The quantitative estimate of drug-likeness (QED) is 0.486. The molecule has 104 valence electrons. The molecule has 3 heteroatoms. The topological polar surface area (TPSA) is 49.9 Å². The summed E-state index contributed by atoms with van der Waals surface area (Å²) in [4.78, 5) is 1.07. The van der Waals surface area contributed by atoms with E-state index in [9.17, 15) is 0 Å². The van der Waals surface area contributed by atoms with E-state index in [4.69, 9.17) is 11.1 Å². The Hall–Kier alpha value is -1.74. The van der Waals surface area contributed by atoms with Gasteiger partial charge >= 0.3 is 0 Å².